The van der Waals surface area contributed by atoms with Crippen molar-refractivity contribution < 1.29 is 14.7 Å². The van der Waals surface area contributed by atoms with Crippen LogP contribution in [0, 0.1) is 0 Å². The van der Waals surface area contributed by atoms with Crippen molar-refractivity contribution >= 4 is 23.8 Å². The summed E-state index contributed by atoms with van der Waals surface area (Å²) in [6, 6.07) is -0.884. The molecule has 0 bridgehead atoms. The zero-order valence-corrected chi connectivity index (χ0v) is 11.5. The lowest BCUT2D eigenvalue weighted by molar-refractivity contribution is -0.141. The monoisotopic (exact) mass is 272 g/mol. The predicted octanol–water partition coefficient (Wildman–Crippen LogP) is 1.51. The number of allylic oxidation sites excluding steroid dienone is 1. The first-order valence-electron chi connectivity index (χ1n) is 6.01. The van der Waals surface area contributed by atoms with Gasteiger partial charge in [0.1, 0.15) is 6.04 Å². The van der Waals surface area contributed by atoms with Crippen molar-refractivity contribution in [3.8, 4) is 0 Å². The molecule has 1 aliphatic heterocycles. The molecule has 1 fully saturated rings. The van der Waals surface area contributed by atoms with Crippen molar-refractivity contribution in [2.45, 2.75) is 18.9 Å². The standard InChI is InChI=1S/C12H20N2O3S/c1-3-4-5-6-13(2)12(17)14-7-8-18-9-10(14)11(15)16/h3,10H,1,4-9H2,2H3,(H,15,16). The molecular formula is C12H20N2O3S. The van der Waals surface area contributed by atoms with Crippen LogP contribution in [0.3, 0.4) is 0 Å². The molecule has 1 N–H and O–H groups in total. The van der Waals surface area contributed by atoms with Crippen LogP contribution in [-0.2, 0) is 4.79 Å². The second-order valence-corrected chi connectivity index (χ2v) is 5.41. The average Bonchev–Trinajstić information content (AvgIpc) is 2.38. The van der Waals surface area contributed by atoms with Crippen LogP contribution in [0.1, 0.15) is 12.8 Å². The highest BCUT2D eigenvalue weighted by molar-refractivity contribution is 7.99. The van der Waals surface area contributed by atoms with Gasteiger partial charge in [-0.3, -0.25) is 0 Å². The number of carbonyl (C=O) groups excluding carboxylic acids is 1. The molecule has 1 aliphatic rings. The molecule has 2 amide bonds. The lowest BCUT2D eigenvalue weighted by atomic mass is 10.2. The zero-order valence-electron chi connectivity index (χ0n) is 10.7. The molecule has 6 heteroatoms. The van der Waals surface area contributed by atoms with E-state index in [9.17, 15) is 9.59 Å². The summed E-state index contributed by atoms with van der Waals surface area (Å²) in [5.74, 6) is 0.354. The fraction of sp³-hybridized carbons (Fsp3) is 0.667. The van der Waals surface area contributed by atoms with Crippen LogP contribution in [0.2, 0.25) is 0 Å². The van der Waals surface area contributed by atoms with Gasteiger partial charge in [0, 0.05) is 31.6 Å². The lowest BCUT2D eigenvalue weighted by Crippen LogP contribution is -2.54. The number of carboxylic acids is 1. The van der Waals surface area contributed by atoms with Crippen molar-refractivity contribution in [3.63, 3.8) is 0 Å². The average molecular weight is 272 g/mol. The van der Waals surface area contributed by atoms with Gasteiger partial charge >= 0.3 is 12.0 Å². The first kappa shape index (κ1) is 14.9. The summed E-state index contributed by atoms with van der Waals surface area (Å²) in [4.78, 5) is 26.3. The number of rotatable bonds is 5. The topological polar surface area (TPSA) is 60.9 Å². The van der Waals surface area contributed by atoms with Crippen LogP contribution in [-0.4, -0.2) is 64.6 Å². The van der Waals surface area contributed by atoms with Gasteiger partial charge in [-0.05, 0) is 12.8 Å². The van der Waals surface area contributed by atoms with E-state index in [1.165, 1.54) is 4.90 Å². The molecule has 1 unspecified atom stereocenters. The second kappa shape index (κ2) is 7.31. The van der Waals surface area contributed by atoms with Crippen LogP contribution in [0.15, 0.2) is 12.7 Å². The van der Waals surface area contributed by atoms with E-state index in [-0.39, 0.29) is 6.03 Å². The largest absolute Gasteiger partial charge is 0.480 e. The van der Waals surface area contributed by atoms with E-state index in [1.807, 2.05) is 6.08 Å². The Morgan fingerprint density at radius 1 is 1.61 bits per heavy atom. The first-order valence-corrected chi connectivity index (χ1v) is 7.16. The highest BCUT2D eigenvalue weighted by atomic mass is 32.2. The van der Waals surface area contributed by atoms with E-state index < -0.39 is 12.0 Å². The minimum Gasteiger partial charge on any atom is -0.480 e. The van der Waals surface area contributed by atoms with Gasteiger partial charge in [0.05, 0.1) is 0 Å². The SMILES string of the molecule is C=CCCCN(C)C(=O)N1CCSCC1C(=O)O. The molecule has 0 radical (unpaired) electrons. The normalized spacial score (nSPS) is 19.4. The molecule has 0 aromatic heterocycles. The van der Waals surface area contributed by atoms with Crippen LogP contribution in [0.5, 0.6) is 0 Å². The van der Waals surface area contributed by atoms with Crippen LogP contribution >= 0.6 is 11.8 Å². The third-order valence-electron chi connectivity index (χ3n) is 2.89. The number of carboxylic acid groups (broad SMARTS) is 1. The molecule has 0 aromatic carbocycles. The number of carbonyl (C=O) groups is 2. The van der Waals surface area contributed by atoms with E-state index in [2.05, 4.69) is 6.58 Å². The Morgan fingerprint density at radius 2 is 2.33 bits per heavy atom. The van der Waals surface area contributed by atoms with Crippen molar-refractivity contribution in [1.82, 2.24) is 9.80 Å². The Bertz CT molecular complexity index is 322. The maximum Gasteiger partial charge on any atom is 0.327 e. The summed E-state index contributed by atoms with van der Waals surface area (Å²) in [7, 11) is 1.71. The molecule has 1 heterocycles. The molecule has 0 aliphatic carbocycles. The molecule has 102 valence electrons. The second-order valence-electron chi connectivity index (χ2n) is 4.26. The Labute approximate surface area is 112 Å². The van der Waals surface area contributed by atoms with E-state index in [1.54, 1.807) is 23.7 Å². The van der Waals surface area contributed by atoms with Gasteiger partial charge in [0.25, 0.3) is 0 Å². The number of hydrogen-bond donors (Lipinski definition) is 1. The summed E-state index contributed by atoms with van der Waals surface area (Å²) in [5, 5.41) is 9.11. The maximum atomic E-state index is 12.2. The summed E-state index contributed by atoms with van der Waals surface area (Å²) in [6.45, 7) is 4.77. The lowest BCUT2D eigenvalue weighted by Gasteiger charge is -2.35. The van der Waals surface area contributed by atoms with Gasteiger partial charge in [-0.25, -0.2) is 9.59 Å². The van der Waals surface area contributed by atoms with Crippen molar-refractivity contribution in [3.05, 3.63) is 12.7 Å². The molecule has 0 aromatic rings. The number of amides is 2. The highest BCUT2D eigenvalue weighted by Crippen LogP contribution is 2.18. The molecule has 1 saturated heterocycles. The molecule has 0 saturated carbocycles. The molecule has 1 rings (SSSR count). The van der Waals surface area contributed by atoms with Gasteiger partial charge in [0.2, 0.25) is 0 Å². The quantitative estimate of drug-likeness (QED) is 0.609. The van der Waals surface area contributed by atoms with E-state index >= 15 is 0 Å². The number of unbranched alkanes of at least 4 members (excludes halogenated alkanes) is 1. The first-order chi connectivity index (χ1) is 8.57. The number of nitrogens with zero attached hydrogens (tertiary/aromatic N) is 2. The molecule has 5 nitrogen and oxygen atoms in total. The highest BCUT2D eigenvalue weighted by Gasteiger charge is 2.33. The van der Waals surface area contributed by atoms with Gasteiger partial charge in [-0.2, -0.15) is 11.8 Å². The Hall–Kier alpha value is -1.17. The number of aliphatic carboxylic acids is 1. The predicted molar refractivity (Wildman–Crippen MR) is 72.9 cm³/mol. The molecular weight excluding hydrogens is 252 g/mol. The van der Waals surface area contributed by atoms with Gasteiger partial charge < -0.3 is 14.9 Å². The smallest absolute Gasteiger partial charge is 0.327 e. The van der Waals surface area contributed by atoms with Gasteiger partial charge in [-0.1, -0.05) is 6.08 Å². The summed E-state index contributed by atoms with van der Waals surface area (Å²) < 4.78 is 0. The minimum absolute atomic E-state index is 0.188. The van der Waals surface area contributed by atoms with Gasteiger partial charge in [-0.15, -0.1) is 6.58 Å². The number of hydrogen-bond acceptors (Lipinski definition) is 3. The van der Waals surface area contributed by atoms with Crippen LogP contribution in [0.4, 0.5) is 4.79 Å². The van der Waals surface area contributed by atoms with Gasteiger partial charge in [0.15, 0.2) is 0 Å². The van der Waals surface area contributed by atoms with E-state index in [0.717, 1.165) is 18.6 Å². The fourth-order valence-corrected chi connectivity index (χ4v) is 2.86. The minimum atomic E-state index is -0.921. The van der Waals surface area contributed by atoms with Crippen LogP contribution in [0.25, 0.3) is 0 Å². The Kier molecular flexibility index (Phi) is 6.04. The third-order valence-corrected chi connectivity index (χ3v) is 3.91. The Morgan fingerprint density at radius 3 is 2.94 bits per heavy atom. The van der Waals surface area contributed by atoms with Crippen LogP contribution < -0.4 is 0 Å². The zero-order chi connectivity index (χ0) is 13.5. The molecule has 18 heavy (non-hydrogen) atoms. The van der Waals surface area contributed by atoms with Crippen molar-refractivity contribution in [1.29, 1.82) is 0 Å². The summed E-state index contributed by atoms with van der Waals surface area (Å²) in [5.41, 5.74) is 0. The number of thioether (sulfide) groups is 1. The van der Waals surface area contributed by atoms with Crippen molar-refractivity contribution in [2.24, 2.45) is 0 Å². The maximum absolute atomic E-state index is 12.2. The fourth-order valence-electron chi connectivity index (χ4n) is 1.82. The summed E-state index contributed by atoms with van der Waals surface area (Å²) in [6.07, 6.45) is 3.53. The molecule has 1 atom stereocenters. The third kappa shape index (κ3) is 3.94. The number of urea groups is 1. The summed E-state index contributed by atoms with van der Waals surface area (Å²) >= 11 is 1.58. The molecule has 0 spiro atoms. The Balaban J connectivity index is 2.56. The van der Waals surface area contributed by atoms with Crippen molar-refractivity contribution in [2.75, 3.05) is 31.6 Å². The van der Waals surface area contributed by atoms with E-state index in [4.69, 9.17) is 5.11 Å². The van der Waals surface area contributed by atoms with E-state index in [0.29, 0.717) is 18.8 Å².